The Morgan fingerprint density at radius 2 is 1.73 bits per heavy atom. The molecule has 44 heavy (non-hydrogen) atoms. The first kappa shape index (κ1) is 31.4. The standard InChI is InChI=1S/C32H47FN6O4S/c1-22-21-36(32(4)12-16-35(17-13-32)31(40)29-23(2)34-39(41)24(29)3)18-19-38(22)30(26-6-5-7-27(33)20-26)25-10-14-37(15-11-25)44(42,43)28-8-9-28/h5-7,20,22,25,28,30,41H,8-19,21H2,1-4H3/t22-,30+/m0/s1. The van der Waals surface area contributed by atoms with Crippen LogP contribution in [0.4, 0.5) is 4.39 Å². The van der Waals surface area contributed by atoms with Gasteiger partial charge in [0, 0.05) is 63.4 Å². The van der Waals surface area contributed by atoms with E-state index in [-0.39, 0.29) is 40.5 Å². The van der Waals surface area contributed by atoms with E-state index in [1.807, 2.05) is 11.0 Å². The van der Waals surface area contributed by atoms with Gasteiger partial charge in [-0.15, -0.1) is 9.94 Å². The number of nitrogens with zero attached hydrogens (tertiary/aromatic N) is 6. The maximum atomic E-state index is 14.5. The van der Waals surface area contributed by atoms with E-state index < -0.39 is 10.0 Å². The fourth-order valence-corrected chi connectivity index (χ4v) is 9.80. The molecule has 1 aromatic carbocycles. The van der Waals surface area contributed by atoms with Crippen LogP contribution in [0.25, 0.3) is 0 Å². The van der Waals surface area contributed by atoms with Gasteiger partial charge in [-0.1, -0.05) is 12.1 Å². The minimum Gasteiger partial charge on any atom is -0.411 e. The monoisotopic (exact) mass is 630 g/mol. The maximum Gasteiger partial charge on any atom is 0.257 e. The molecule has 1 N–H and O–H groups in total. The fourth-order valence-electron chi connectivity index (χ4n) is 7.93. The highest BCUT2D eigenvalue weighted by Crippen LogP contribution is 2.41. The predicted molar refractivity (Wildman–Crippen MR) is 166 cm³/mol. The van der Waals surface area contributed by atoms with E-state index in [4.69, 9.17) is 0 Å². The number of piperidine rings is 2. The van der Waals surface area contributed by atoms with Crippen LogP contribution in [-0.4, -0.2) is 111 Å². The van der Waals surface area contributed by atoms with Crippen molar-refractivity contribution in [2.45, 2.75) is 89.1 Å². The van der Waals surface area contributed by atoms with Gasteiger partial charge in [0.1, 0.15) is 5.82 Å². The number of likely N-dealkylation sites (tertiary alicyclic amines) is 1. The lowest BCUT2D eigenvalue weighted by Gasteiger charge is -2.54. The molecule has 4 fully saturated rings. The molecule has 242 valence electrons. The van der Waals surface area contributed by atoms with Crippen molar-refractivity contribution in [2.75, 3.05) is 45.8 Å². The van der Waals surface area contributed by atoms with Gasteiger partial charge in [-0.2, -0.15) is 0 Å². The zero-order valence-electron chi connectivity index (χ0n) is 26.5. The molecule has 12 heteroatoms. The average Bonchev–Trinajstić information content (AvgIpc) is 3.82. The Hall–Kier alpha value is -2.54. The zero-order chi connectivity index (χ0) is 31.4. The van der Waals surface area contributed by atoms with E-state index in [1.165, 1.54) is 6.07 Å². The Bertz CT molecular complexity index is 1480. The van der Waals surface area contributed by atoms with Gasteiger partial charge in [0.2, 0.25) is 10.0 Å². The van der Waals surface area contributed by atoms with E-state index in [0.29, 0.717) is 43.1 Å². The topological polar surface area (TPSA) is 102 Å². The number of rotatable bonds is 7. The van der Waals surface area contributed by atoms with Crippen molar-refractivity contribution < 1.29 is 22.8 Å². The molecular weight excluding hydrogens is 583 g/mol. The van der Waals surface area contributed by atoms with Gasteiger partial charge in [-0.3, -0.25) is 14.6 Å². The molecule has 0 spiro atoms. The van der Waals surface area contributed by atoms with Crippen molar-refractivity contribution in [1.82, 2.24) is 28.9 Å². The number of carbonyl (C=O) groups is 1. The maximum absolute atomic E-state index is 14.5. The molecule has 2 atom stereocenters. The first-order valence-electron chi connectivity index (χ1n) is 16.2. The van der Waals surface area contributed by atoms with Gasteiger partial charge in [-0.25, -0.2) is 17.1 Å². The first-order valence-corrected chi connectivity index (χ1v) is 17.7. The molecule has 6 rings (SSSR count). The van der Waals surface area contributed by atoms with Gasteiger partial charge >= 0.3 is 0 Å². The lowest BCUT2D eigenvalue weighted by Crippen LogP contribution is -2.63. The molecule has 1 aliphatic carbocycles. The molecule has 3 aliphatic heterocycles. The van der Waals surface area contributed by atoms with Crippen LogP contribution in [0.1, 0.15) is 85.7 Å². The van der Waals surface area contributed by atoms with E-state index >= 15 is 0 Å². The Kier molecular flexibility index (Phi) is 8.57. The summed E-state index contributed by atoms with van der Waals surface area (Å²) in [6, 6.07) is 7.22. The zero-order valence-corrected chi connectivity index (χ0v) is 27.3. The van der Waals surface area contributed by atoms with Crippen LogP contribution in [-0.2, 0) is 10.0 Å². The Balaban J connectivity index is 1.12. The number of carbonyl (C=O) groups excluding carboxylic acids is 1. The Labute approximate surface area is 260 Å². The van der Waals surface area contributed by atoms with E-state index in [2.05, 4.69) is 28.7 Å². The third kappa shape index (κ3) is 5.90. The number of hydrogen-bond acceptors (Lipinski definition) is 7. The van der Waals surface area contributed by atoms with Crippen LogP contribution in [0, 0.1) is 25.6 Å². The SMILES string of the molecule is Cc1nn(O)c(C)c1C(=O)N1CCC(C)(N2CCN([C@@H](c3cccc(F)c3)C3CCN(S(=O)(=O)C4CC4)CC3)[C@@H](C)C2)CC1. The van der Waals surface area contributed by atoms with Crippen LogP contribution in [0.15, 0.2) is 24.3 Å². The first-order chi connectivity index (χ1) is 20.9. The number of hydrogen-bond donors (Lipinski definition) is 1. The molecule has 4 heterocycles. The van der Waals surface area contributed by atoms with Crippen molar-refractivity contribution in [3.05, 3.63) is 52.6 Å². The summed E-state index contributed by atoms with van der Waals surface area (Å²) in [4.78, 5) is 21.1. The highest BCUT2D eigenvalue weighted by Gasteiger charge is 2.45. The van der Waals surface area contributed by atoms with Gasteiger partial charge in [0.05, 0.1) is 22.2 Å². The summed E-state index contributed by atoms with van der Waals surface area (Å²) in [5.41, 5.74) is 2.42. The Morgan fingerprint density at radius 3 is 2.30 bits per heavy atom. The summed E-state index contributed by atoms with van der Waals surface area (Å²) in [7, 11) is -3.19. The lowest BCUT2D eigenvalue weighted by atomic mass is 9.82. The van der Waals surface area contributed by atoms with Crippen LogP contribution in [0.2, 0.25) is 0 Å². The van der Waals surface area contributed by atoms with Crippen molar-refractivity contribution in [3.63, 3.8) is 0 Å². The number of aryl methyl sites for hydroxylation is 1. The normalized spacial score (nSPS) is 25.3. The summed E-state index contributed by atoms with van der Waals surface area (Å²) in [6.07, 6.45) is 4.82. The number of sulfonamides is 1. The van der Waals surface area contributed by atoms with Crippen molar-refractivity contribution in [2.24, 2.45) is 5.92 Å². The molecule has 1 aromatic heterocycles. The molecule has 0 bridgehead atoms. The van der Waals surface area contributed by atoms with Crippen LogP contribution >= 0.6 is 0 Å². The lowest BCUT2D eigenvalue weighted by molar-refractivity contribution is -0.0422. The smallest absolute Gasteiger partial charge is 0.257 e. The largest absolute Gasteiger partial charge is 0.411 e. The molecular formula is C32H47FN6O4S. The number of piperazine rings is 1. The molecule has 2 aromatic rings. The highest BCUT2D eigenvalue weighted by atomic mass is 32.2. The number of halogens is 1. The van der Waals surface area contributed by atoms with E-state index in [1.54, 1.807) is 30.3 Å². The number of benzene rings is 1. The summed E-state index contributed by atoms with van der Waals surface area (Å²) in [5.74, 6) is -0.0657. The molecule has 0 radical (unpaired) electrons. The highest BCUT2D eigenvalue weighted by molar-refractivity contribution is 7.90. The second kappa shape index (κ2) is 12.0. The van der Waals surface area contributed by atoms with Gasteiger partial charge in [0.25, 0.3) is 5.91 Å². The predicted octanol–water partition coefficient (Wildman–Crippen LogP) is 3.82. The van der Waals surface area contributed by atoms with Crippen molar-refractivity contribution >= 4 is 15.9 Å². The third-order valence-electron chi connectivity index (χ3n) is 10.9. The molecule has 1 amide bonds. The van der Waals surface area contributed by atoms with Gasteiger partial charge in [-0.05, 0) is 89.8 Å². The molecule has 10 nitrogen and oxygen atoms in total. The van der Waals surface area contributed by atoms with Gasteiger partial charge < -0.3 is 10.1 Å². The summed E-state index contributed by atoms with van der Waals surface area (Å²) < 4.78 is 42.0. The van der Waals surface area contributed by atoms with Crippen molar-refractivity contribution in [1.29, 1.82) is 0 Å². The van der Waals surface area contributed by atoms with Crippen molar-refractivity contribution in [3.8, 4) is 0 Å². The van der Waals surface area contributed by atoms with Gasteiger partial charge in [0.15, 0.2) is 0 Å². The minimum atomic E-state index is -3.19. The van der Waals surface area contributed by atoms with Crippen LogP contribution in [0.5, 0.6) is 0 Å². The van der Waals surface area contributed by atoms with Crippen LogP contribution < -0.4 is 0 Å². The van der Waals surface area contributed by atoms with Crippen LogP contribution in [0.3, 0.4) is 0 Å². The minimum absolute atomic E-state index is 0.0276. The number of amides is 1. The molecule has 1 saturated carbocycles. The summed E-state index contributed by atoms with van der Waals surface area (Å²) in [6.45, 7) is 13.0. The van der Waals surface area contributed by atoms with E-state index in [9.17, 15) is 22.8 Å². The summed E-state index contributed by atoms with van der Waals surface area (Å²) >= 11 is 0. The fraction of sp³-hybridized carbons (Fsp3) is 0.688. The molecule has 0 unspecified atom stereocenters. The quantitative estimate of drug-likeness (QED) is 0.464. The van der Waals surface area contributed by atoms with E-state index in [0.717, 1.165) is 68.6 Å². The molecule has 3 saturated heterocycles. The summed E-state index contributed by atoms with van der Waals surface area (Å²) in [5, 5.41) is 13.7. The second-order valence-corrected chi connectivity index (χ2v) is 16.0. The Morgan fingerprint density at radius 1 is 1.05 bits per heavy atom. The average molecular weight is 631 g/mol. The number of aromatic nitrogens is 2. The third-order valence-corrected chi connectivity index (χ3v) is 13.2. The second-order valence-electron chi connectivity index (χ2n) is 13.7. The molecule has 4 aliphatic rings.